The smallest absolute Gasteiger partial charge is 0.243 e. The fourth-order valence-electron chi connectivity index (χ4n) is 4.01. The van der Waals surface area contributed by atoms with Crippen LogP contribution in [-0.2, 0) is 14.8 Å². The van der Waals surface area contributed by atoms with Gasteiger partial charge >= 0.3 is 0 Å². The predicted octanol–water partition coefficient (Wildman–Crippen LogP) is 1.61. The molecule has 0 unspecified atom stereocenters. The Balaban J connectivity index is 1.84. The Kier molecular flexibility index (Phi) is 3.99. The van der Waals surface area contributed by atoms with Crippen molar-refractivity contribution in [1.29, 1.82) is 0 Å². The monoisotopic (exact) mass is 322 g/mol. The molecular formula is C16H22N2O3S. The van der Waals surface area contributed by atoms with Crippen LogP contribution in [0.25, 0.3) is 0 Å². The Morgan fingerprint density at radius 2 is 2.00 bits per heavy atom. The standard InChI is InChI=1S/C16H22N2O3S/c1-17-15(19)14-8-5-9-16(14)10-11-18(12-16)22(20,21)13-6-3-2-4-7-13/h2-4,6-7,14H,5,8-12H2,1H3,(H,17,19)/t14-,16-/m1/s1. The van der Waals surface area contributed by atoms with Crippen LogP contribution in [0, 0.1) is 11.3 Å². The molecule has 1 amide bonds. The van der Waals surface area contributed by atoms with Gasteiger partial charge in [-0.3, -0.25) is 4.79 Å². The highest BCUT2D eigenvalue weighted by Crippen LogP contribution is 2.50. The minimum absolute atomic E-state index is 0.0523. The Labute approximate surface area is 131 Å². The van der Waals surface area contributed by atoms with E-state index in [4.69, 9.17) is 0 Å². The Hall–Kier alpha value is -1.40. The average molecular weight is 322 g/mol. The molecule has 1 aliphatic carbocycles. The van der Waals surface area contributed by atoms with Crippen LogP contribution in [0.5, 0.6) is 0 Å². The molecule has 2 aliphatic rings. The van der Waals surface area contributed by atoms with Gasteiger partial charge < -0.3 is 5.32 Å². The van der Waals surface area contributed by atoms with Crippen molar-refractivity contribution in [3.63, 3.8) is 0 Å². The number of carbonyl (C=O) groups is 1. The molecule has 1 aliphatic heterocycles. The molecule has 1 saturated carbocycles. The van der Waals surface area contributed by atoms with Gasteiger partial charge in [0.15, 0.2) is 0 Å². The molecule has 5 nitrogen and oxygen atoms in total. The van der Waals surface area contributed by atoms with Crippen LogP contribution in [0.4, 0.5) is 0 Å². The quantitative estimate of drug-likeness (QED) is 0.919. The third-order valence-corrected chi connectivity index (χ3v) is 7.06. The first-order valence-corrected chi connectivity index (χ1v) is 9.20. The molecule has 2 atom stereocenters. The fourth-order valence-corrected chi connectivity index (χ4v) is 5.57. The van der Waals surface area contributed by atoms with Gasteiger partial charge in [0.1, 0.15) is 0 Å². The van der Waals surface area contributed by atoms with E-state index in [0.717, 1.165) is 25.7 Å². The van der Waals surface area contributed by atoms with Gasteiger partial charge in [0, 0.05) is 26.1 Å². The SMILES string of the molecule is CNC(=O)[C@H]1CCC[C@]12CCN(S(=O)(=O)c1ccccc1)C2. The number of sulfonamides is 1. The van der Waals surface area contributed by atoms with Gasteiger partial charge in [-0.1, -0.05) is 24.6 Å². The molecule has 0 aromatic heterocycles. The molecular weight excluding hydrogens is 300 g/mol. The van der Waals surface area contributed by atoms with Crippen molar-refractivity contribution < 1.29 is 13.2 Å². The molecule has 1 saturated heterocycles. The van der Waals surface area contributed by atoms with E-state index in [1.807, 2.05) is 6.07 Å². The van der Waals surface area contributed by atoms with Gasteiger partial charge in [0.2, 0.25) is 15.9 Å². The molecule has 0 bridgehead atoms. The van der Waals surface area contributed by atoms with Gasteiger partial charge in [0.05, 0.1) is 4.90 Å². The van der Waals surface area contributed by atoms with Crippen LogP contribution in [0.2, 0.25) is 0 Å². The lowest BCUT2D eigenvalue weighted by molar-refractivity contribution is -0.127. The number of amides is 1. The average Bonchev–Trinajstić information content (AvgIpc) is 3.16. The second kappa shape index (κ2) is 5.66. The maximum atomic E-state index is 12.7. The normalized spacial score (nSPS) is 29.0. The van der Waals surface area contributed by atoms with Crippen molar-refractivity contribution >= 4 is 15.9 Å². The van der Waals surface area contributed by atoms with Crippen molar-refractivity contribution in [1.82, 2.24) is 9.62 Å². The minimum atomic E-state index is -3.46. The summed E-state index contributed by atoms with van der Waals surface area (Å²) in [5.74, 6) is -0.00932. The summed E-state index contributed by atoms with van der Waals surface area (Å²) in [6, 6.07) is 8.54. The topological polar surface area (TPSA) is 66.5 Å². The Morgan fingerprint density at radius 3 is 2.68 bits per heavy atom. The van der Waals surface area contributed by atoms with Gasteiger partial charge in [-0.15, -0.1) is 0 Å². The van der Waals surface area contributed by atoms with Crippen molar-refractivity contribution in [3.05, 3.63) is 30.3 Å². The van der Waals surface area contributed by atoms with E-state index in [2.05, 4.69) is 5.32 Å². The number of rotatable bonds is 3. The molecule has 1 aromatic rings. The van der Waals surface area contributed by atoms with Crippen LogP contribution in [0.15, 0.2) is 35.2 Å². The summed E-state index contributed by atoms with van der Waals surface area (Å²) in [6.07, 6.45) is 3.57. The second-order valence-electron chi connectivity index (χ2n) is 6.32. The third kappa shape index (κ3) is 2.44. The first-order valence-electron chi connectivity index (χ1n) is 7.76. The summed E-state index contributed by atoms with van der Waals surface area (Å²) < 4.78 is 27.1. The summed E-state index contributed by atoms with van der Waals surface area (Å²) in [7, 11) is -1.80. The number of carbonyl (C=O) groups excluding carboxylic acids is 1. The van der Waals surface area contributed by atoms with Crippen molar-refractivity contribution in [3.8, 4) is 0 Å². The van der Waals surface area contributed by atoms with Gasteiger partial charge in [-0.2, -0.15) is 4.31 Å². The van der Waals surface area contributed by atoms with Crippen molar-refractivity contribution in [2.24, 2.45) is 11.3 Å². The molecule has 120 valence electrons. The number of hydrogen-bond donors (Lipinski definition) is 1. The van der Waals surface area contributed by atoms with E-state index in [9.17, 15) is 13.2 Å². The molecule has 22 heavy (non-hydrogen) atoms. The summed E-state index contributed by atoms with van der Waals surface area (Å²) >= 11 is 0. The van der Waals surface area contributed by atoms with Crippen LogP contribution >= 0.6 is 0 Å². The van der Waals surface area contributed by atoms with E-state index in [1.165, 1.54) is 0 Å². The van der Waals surface area contributed by atoms with Crippen LogP contribution in [-0.4, -0.2) is 38.8 Å². The van der Waals surface area contributed by atoms with Crippen molar-refractivity contribution in [2.45, 2.75) is 30.6 Å². The van der Waals surface area contributed by atoms with Crippen LogP contribution < -0.4 is 5.32 Å². The molecule has 2 fully saturated rings. The summed E-state index contributed by atoms with van der Waals surface area (Å²) in [4.78, 5) is 12.5. The maximum Gasteiger partial charge on any atom is 0.243 e. The van der Waals surface area contributed by atoms with Gasteiger partial charge in [-0.05, 0) is 36.8 Å². The first kappa shape index (κ1) is 15.5. The third-order valence-electron chi connectivity index (χ3n) is 5.20. The van der Waals surface area contributed by atoms with Crippen LogP contribution in [0.3, 0.4) is 0 Å². The van der Waals surface area contributed by atoms with E-state index in [-0.39, 0.29) is 17.2 Å². The molecule has 1 aromatic carbocycles. The van der Waals surface area contributed by atoms with Gasteiger partial charge in [0.25, 0.3) is 0 Å². The molecule has 6 heteroatoms. The molecule has 1 N–H and O–H groups in total. The summed E-state index contributed by atoms with van der Waals surface area (Å²) in [6.45, 7) is 0.965. The Morgan fingerprint density at radius 1 is 1.27 bits per heavy atom. The highest BCUT2D eigenvalue weighted by molar-refractivity contribution is 7.89. The first-order chi connectivity index (χ1) is 10.5. The number of nitrogens with zero attached hydrogens (tertiary/aromatic N) is 1. The molecule has 1 spiro atoms. The lowest BCUT2D eigenvalue weighted by Gasteiger charge is -2.30. The number of nitrogens with one attached hydrogen (secondary N) is 1. The zero-order valence-corrected chi connectivity index (χ0v) is 13.6. The van der Waals surface area contributed by atoms with Gasteiger partial charge in [-0.25, -0.2) is 8.42 Å². The van der Waals surface area contributed by atoms with E-state index in [0.29, 0.717) is 18.0 Å². The zero-order chi connectivity index (χ0) is 15.8. The minimum Gasteiger partial charge on any atom is -0.359 e. The molecule has 0 radical (unpaired) electrons. The Bertz CT molecular complexity index is 659. The summed E-state index contributed by atoms with van der Waals surface area (Å²) in [5, 5.41) is 2.74. The summed E-state index contributed by atoms with van der Waals surface area (Å²) in [5.41, 5.74) is -0.179. The maximum absolute atomic E-state index is 12.7. The second-order valence-corrected chi connectivity index (χ2v) is 8.26. The molecule has 3 rings (SSSR count). The number of benzene rings is 1. The zero-order valence-electron chi connectivity index (χ0n) is 12.8. The fraction of sp³-hybridized carbons (Fsp3) is 0.562. The van der Waals surface area contributed by atoms with Crippen LogP contribution in [0.1, 0.15) is 25.7 Å². The highest BCUT2D eigenvalue weighted by atomic mass is 32.2. The van der Waals surface area contributed by atoms with E-state index in [1.54, 1.807) is 35.6 Å². The largest absolute Gasteiger partial charge is 0.359 e. The lowest BCUT2D eigenvalue weighted by atomic mass is 9.76. The lowest BCUT2D eigenvalue weighted by Crippen LogP contribution is -2.40. The highest BCUT2D eigenvalue weighted by Gasteiger charge is 2.52. The number of hydrogen-bond acceptors (Lipinski definition) is 3. The van der Waals surface area contributed by atoms with E-state index < -0.39 is 10.0 Å². The molecule has 1 heterocycles. The van der Waals surface area contributed by atoms with E-state index >= 15 is 0 Å². The van der Waals surface area contributed by atoms with Crippen molar-refractivity contribution in [2.75, 3.05) is 20.1 Å². The predicted molar refractivity (Wildman–Crippen MR) is 83.7 cm³/mol.